The summed E-state index contributed by atoms with van der Waals surface area (Å²) in [5, 5.41) is 3.08. The highest BCUT2D eigenvalue weighted by molar-refractivity contribution is 9.10. The van der Waals surface area contributed by atoms with Gasteiger partial charge in [0.05, 0.1) is 13.3 Å². The monoisotopic (exact) mass is 294 g/mol. The van der Waals surface area contributed by atoms with E-state index in [0.717, 1.165) is 11.4 Å². The Bertz CT molecular complexity index is 515. The van der Waals surface area contributed by atoms with E-state index in [0.29, 0.717) is 16.2 Å². The normalized spacial score (nSPS) is 10.0. The molecule has 0 aliphatic carbocycles. The second-order valence-electron chi connectivity index (χ2n) is 3.28. The molecule has 0 aliphatic heterocycles. The molecule has 0 bridgehead atoms. The SMILES string of the molecule is COc1ccc(Nc2nc(Br)cnc2N)cc1. The van der Waals surface area contributed by atoms with Gasteiger partial charge in [0.2, 0.25) is 0 Å². The summed E-state index contributed by atoms with van der Waals surface area (Å²) in [5.74, 6) is 1.66. The number of nitrogens with one attached hydrogen (secondary N) is 1. The van der Waals surface area contributed by atoms with E-state index >= 15 is 0 Å². The van der Waals surface area contributed by atoms with Crippen LogP contribution in [-0.4, -0.2) is 17.1 Å². The topological polar surface area (TPSA) is 73.1 Å². The third-order valence-corrected chi connectivity index (χ3v) is 2.51. The predicted molar refractivity (Wildman–Crippen MR) is 70.4 cm³/mol. The van der Waals surface area contributed by atoms with E-state index in [1.807, 2.05) is 24.3 Å². The number of methoxy groups -OCH3 is 1. The van der Waals surface area contributed by atoms with Crippen LogP contribution >= 0.6 is 15.9 Å². The van der Waals surface area contributed by atoms with Gasteiger partial charge in [0.1, 0.15) is 10.4 Å². The Morgan fingerprint density at radius 3 is 2.65 bits per heavy atom. The number of aromatic nitrogens is 2. The number of halogens is 1. The number of nitrogen functional groups attached to an aromatic ring is 1. The minimum Gasteiger partial charge on any atom is -0.497 e. The van der Waals surface area contributed by atoms with Gasteiger partial charge in [-0.1, -0.05) is 0 Å². The molecule has 0 amide bonds. The smallest absolute Gasteiger partial charge is 0.174 e. The van der Waals surface area contributed by atoms with Crippen molar-refractivity contribution in [2.45, 2.75) is 0 Å². The van der Waals surface area contributed by atoms with Crippen molar-refractivity contribution in [1.29, 1.82) is 0 Å². The molecule has 0 spiro atoms. The largest absolute Gasteiger partial charge is 0.497 e. The third-order valence-electron chi connectivity index (χ3n) is 2.12. The first-order chi connectivity index (χ1) is 8.19. The second kappa shape index (κ2) is 5.01. The molecule has 2 rings (SSSR count). The average molecular weight is 295 g/mol. The minimum absolute atomic E-state index is 0.351. The number of benzene rings is 1. The first kappa shape index (κ1) is 11.7. The molecule has 17 heavy (non-hydrogen) atoms. The second-order valence-corrected chi connectivity index (χ2v) is 4.09. The number of hydrogen-bond acceptors (Lipinski definition) is 5. The highest BCUT2D eigenvalue weighted by Gasteiger charge is 2.03. The van der Waals surface area contributed by atoms with Gasteiger partial charge in [-0.15, -0.1) is 0 Å². The lowest BCUT2D eigenvalue weighted by atomic mass is 10.3. The van der Waals surface area contributed by atoms with E-state index in [-0.39, 0.29) is 0 Å². The maximum Gasteiger partial charge on any atom is 0.174 e. The van der Waals surface area contributed by atoms with Crippen LogP contribution in [0.3, 0.4) is 0 Å². The fourth-order valence-corrected chi connectivity index (χ4v) is 1.56. The maximum atomic E-state index is 5.71. The summed E-state index contributed by atoms with van der Waals surface area (Å²) in [6.07, 6.45) is 1.55. The van der Waals surface area contributed by atoms with Crippen molar-refractivity contribution in [3.63, 3.8) is 0 Å². The van der Waals surface area contributed by atoms with Crippen molar-refractivity contribution < 1.29 is 4.74 Å². The molecule has 2 aromatic rings. The Balaban J connectivity index is 2.22. The van der Waals surface area contributed by atoms with Crippen molar-refractivity contribution in [3.8, 4) is 5.75 Å². The molecule has 0 saturated heterocycles. The van der Waals surface area contributed by atoms with Gasteiger partial charge in [-0.2, -0.15) is 0 Å². The Labute approximate surface area is 107 Å². The summed E-state index contributed by atoms with van der Waals surface area (Å²) < 4.78 is 5.70. The molecule has 6 heteroatoms. The van der Waals surface area contributed by atoms with Gasteiger partial charge in [0, 0.05) is 5.69 Å². The van der Waals surface area contributed by atoms with Crippen LogP contribution in [0.25, 0.3) is 0 Å². The standard InChI is InChI=1S/C11H11BrN4O/c1-17-8-4-2-7(3-5-8)15-11-10(13)14-6-9(12)16-11/h2-6H,1H3,(H2,13,14)(H,15,16). The van der Waals surface area contributed by atoms with Gasteiger partial charge in [-0.05, 0) is 40.2 Å². The predicted octanol–water partition coefficient (Wildman–Crippen LogP) is 2.57. The highest BCUT2D eigenvalue weighted by atomic mass is 79.9. The molecule has 0 atom stereocenters. The summed E-state index contributed by atoms with van der Waals surface area (Å²) in [7, 11) is 1.63. The molecule has 1 heterocycles. The lowest BCUT2D eigenvalue weighted by Gasteiger charge is -2.08. The maximum absolute atomic E-state index is 5.71. The van der Waals surface area contributed by atoms with Crippen LogP contribution in [0.1, 0.15) is 0 Å². The molecule has 5 nitrogen and oxygen atoms in total. The van der Waals surface area contributed by atoms with Crippen molar-refractivity contribution in [3.05, 3.63) is 35.1 Å². The molecule has 0 unspecified atom stereocenters. The summed E-state index contributed by atoms with van der Waals surface area (Å²) in [5.41, 5.74) is 6.58. The molecule has 0 aliphatic rings. The Morgan fingerprint density at radius 1 is 1.29 bits per heavy atom. The molecule has 0 saturated carbocycles. The van der Waals surface area contributed by atoms with Crippen molar-refractivity contribution in [1.82, 2.24) is 9.97 Å². The quantitative estimate of drug-likeness (QED) is 0.910. The molecule has 3 N–H and O–H groups in total. The number of anilines is 3. The van der Waals surface area contributed by atoms with Gasteiger partial charge in [0.25, 0.3) is 0 Å². The minimum atomic E-state index is 0.351. The van der Waals surface area contributed by atoms with E-state index in [4.69, 9.17) is 10.5 Å². The Kier molecular flexibility index (Phi) is 3.43. The van der Waals surface area contributed by atoms with E-state index in [9.17, 15) is 0 Å². The van der Waals surface area contributed by atoms with E-state index in [1.54, 1.807) is 13.3 Å². The van der Waals surface area contributed by atoms with Crippen LogP contribution in [0.5, 0.6) is 5.75 Å². The molecule has 0 fully saturated rings. The number of ether oxygens (including phenoxy) is 1. The van der Waals surface area contributed by atoms with Gasteiger partial charge >= 0.3 is 0 Å². The van der Waals surface area contributed by atoms with Crippen molar-refractivity contribution in [2.75, 3.05) is 18.2 Å². The van der Waals surface area contributed by atoms with E-state index in [2.05, 4.69) is 31.2 Å². The summed E-state index contributed by atoms with van der Waals surface area (Å²) in [6.45, 7) is 0. The number of rotatable bonds is 3. The molecule has 88 valence electrons. The van der Waals surface area contributed by atoms with Crippen molar-refractivity contribution >= 4 is 33.3 Å². The zero-order valence-electron chi connectivity index (χ0n) is 9.14. The number of hydrogen-bond donors (Lipinski definition) is 2. The molecule has 1 aromatic carbocycles. The lowest BCUT2D eigenvalue weighted by Crippen LogP contribution is -2.01. The zero-order valence-corrected chi connectivity index (χ0v) is 10.7. The van der Waals surface area contributed by atoms with Gasteiger partial charge in [-0.25, -0.2) is 9.97 Å². The van der Waals surface area contributed by atoms with Crippen molar-refractivity contribution in [2.24, 2.45) is 0 Å². The molecule has 1 aromatic heterocycles. The lowest BCUT2D eigenvalue weighted by molar-refractivity contribution is 0.415. The third kappa shape index (κ3) is 2.85. The van der Waals surface area contributed by atoms with Crippen LogP contribution < -0.4 is 15.8 Å². The Hall–Kier alpha value is -1.82. The van der Waals surface area contributed by atoms with E-state index in [1.165, 1.54) is 0 Å². The fraction of sp³-hybridized carbons (Fsp3) is 0.0909. The summed E-state index contributed by atoms with van der Waals surface area (Å²) >= 11 is 3.24. The van der Waals surface area contributed by atoms with Crippen LogP contribution in [0.4, 0.5) is 17.3 Å². The summed E-state index contributed by atoms with van der Waals surface area (Å²) in [4.78, 5) is 8.19. The molecular formula is C11H11BrN4O. The van der Waals surface area contributed by atoms with Crippen LogP contribution in [0, 0.1) is 0 Å². The fourth-order valence-electron chi connectivity index (χ4n) is 1.28. The van der Waals surface area contributed by atoms with Crippen LogP contribution in [-0.2, 0) is 0 Å². The number of nitrogens with zero attached hydrogens (tertiary/aromatic N) is 2. The first-order valence-corrected chi connectivity index (χ1v) is 5.67. The van der Waals surface area contributed by atoms with E-state index < -0.39 is 0 Å². The number of nitrogens with two attached hydrogens (primary N) is 1. The van der Waals surface area contributed by atoms with Gasteiger partial charge in [0.15, 0.2) is 11.6 Å². The highest BCUT2D eigenvalue weighted by Crippen LogP contribution is 2.22. The first-order valence-electron chi connectivity index (χ1n) is 4.88. The summed E-state index contributed by atoms with van der Waals surface area (Å²) in [6, 6.07) is 7.45. The molecular weight excluding hydrogens is 284 g/mol. The molecule has 0 radical (unpaired) electrons. The van der Waals surface area contributed by atoms with Gasteiger partial charge < -0.3 is 15.8 Å². The van der Waals surface area contributed by atoms with Gasteiger partial charge in [-0.3, -0.25) is 0 Å². The van der Waals surface area contributed by atoms with Crippen LogP contribution in [0.15, 0.2) is 35.1 Å². The van der Waals surface area contributed by atoms with Crippen LogP contribution in [0.2, 0.25) is 0 Å². The zero-order chi connectivity index (χ0) is 12.3. The average Bonchev–Trinajstić information content (AvgIpc) is 2.35. The Morgan fingerprint density at radius 2 is 2.00 bits per heavy atom.